The van der Waals surface area contributed by atoms with Crippen LogP contribution in [0.2, 0.25) is 0 Å². The lowest BCUT2D eigenvalue weighted by Crippen LogP contribution is -2.36. The van der Waals surface area contributed by atoms with E-state index < -0.39 is 10.0 Å². The Balaban J connectivity index is 1.92. The third kappa shape index (κ3) is 6.46. The van der Waals surface area contributed by atoms with Gasteiger partial charge in [-0.1, -0.05) is 23.8 Å². The van der Waals surface area contributed by atoms with E-state index in [4.69, 9.17) is 4.74 Å². The standard InChI is InChI=1S/C18H22N2O4S/c1-13-7-9-17(10-8-13)24-12-14(2)19-18(21)15-5-4-6-16(11-15)20-25(3,22)23/h4-11,14,20H,12H2,1-3H3,(H,19,21)/t14-/m1/s1. The van der Waals surface area contributed by atoms with Gasteiger partial charge < -0.3 is 10.1 Å². The first-order valence-corrected chi connectivity index (χ1v) is 9.70. The maximum atomic E-state index is 12.3. The molecule has 0 fully saturated rings. The van der Waals surface area contributed by atoms with Gasteiger partial charge in [-0.15, -0.1) is 0 Å². The smallest absolute Gasteiger partial charge is 0.251 e. The van der Waals surface area contributed by atoms with E-state index >= 15 is 0 Å². The van der Waals surface area contributed by atoms with Gasteiger partial charge in [0.25, 0.3) is 5.91 Å². The van der Waals surface area contributed by atoms with Crippen LogP contribution in [-0.4, -0.2) is 33.2 Å². The zero-order valence-corrected chi connectivity index (χ0v) is 15.3. The summed E-state index contributed by atoms with van der Waals surface area (Å²) >= 11 is 0. The molecule has 7 heteroatoms. The van der Waals surface area contributed by atoms with Crippen LogP contribution in [0.25, 0.3) is 0 Å². The number of rotatable bonds is 7. The summed E-state index contributed by atoms with van der Waals surface area (Å²) in [6.07, 6.45) is 1.06. The van der Waals surface area contributed by atoms with Gasteiger partial charge in [0.1, 0.15) is 12.4 Å². The molecule has 0 bridgehead atoms. The van der Waals surface area contributed by atoms with Crippen molar-refractivity contribution in [3.8, 4) is 5.75 Å². The minimum absolute atomic E-state index is 0.208. The SMILES string of the molecule is Cc1ccc(OC[C@@H](C)NC(=O)c2cccc(NS(C)(=O)=O)c2)cc1. The van der Waals surface area contributed by atoms with Gasteiger partial charge >= 0.3 is 0 Å². The van der Waals surface area contributed by atoms with Gasteiger partial charge in [0.05, 0.1) is 12.3 Å². The fraction of sp³-hybridized carbons (Fsp3) is 0.278. The van der Waals surface area contributed by atoms with E-state index in [2.05, 4.69) is 10.0 Å². The molecule has 0 spiro atoms. The summed E-state index contributed by atoms with van der Waals surface area (Å²) in [6, 6.07) is 13.8. The highest BCUT2D eigenvalue weighted by Gasteiger charge is 2.12. The molecule has 0 aliphatic carbocycles. The molecule has 0 heterocycles. The molecule has 0 aliphatic rings. The van der Waals surface area contributed by atoms with Crippen LogP contribution in [0.5, 0.6) is 5.75 Å². The van der Waals surface area contributed by atoms with Crippen LogP contribution in [0.4, 0.5) is 5.69 Å². The van der Waals surface area contributed by atoms with Crippen molar-refractivity contribution in [1.29, 1.82) is 0 Å². The fourth-order valence-electron chi connectivity index (χ4n) is 2.14. The van der Waals surface area contributed by atoms with Crippen LogP contribution in [0.3, 0.4) is 0 Å². The number of hydrogen-bond donors (Lipinski definition) is 2. The maximum Gasteiger partial charge on any atom is 0.251 e. The first-order chi connectivity index (χ1) is 11.7. The lowest BCUT2D eigenvalue weighted by Gasteiger charge is -2.15. The summed E-state index contributed by atoms with van der Waals surface area (Å²) in [5, 5.41) is 2.83. The molecule has 0 unspecified atom stereocenters. The summed E-state index contributed by atoms with van der Waals surface area (Å²) in [5.74, 6) is 0.447. The van der Waals surface area contributed by atoms with Crippen LogP contribution >= 0.6 is 0 Å². The highest BCUT2D eigenvalue weighted by atomic mass is 32.2. The Hall–Kier alpha value is -2.54. The number of nitrogens with one attached hydrogen (secondary N) is 2. The molecule has 6 nitrogen and oxygen atoms in total. The Morgan fingerprint density at radius 2 is 1.84 bits per heavy atom. The molecule has 0 saturated heterocycles. The number of anilines is 1. The monoisotopic (exact) mass is 362 g/mol. The second-order valence-corrected chi connectivity index (χ2v) is 7.70. The lowest BCUT2D eigenvalue weighted by molar-refractivity contribution is 0.0926. The van der Waals surface area contributed by atoms with Crippen molar-refractivity contribution >= 4 is 21.6 Å². The van der Waals surface area contributed by atoms with Crippen LogP contribution in [0.15, 0.2) is 48.5 Å². The van der Waals surface area contributed by atoms with Crippen molar-refractivity contribution in [1.82, 2.24) is 5.32 Å². The zero-order chi connectivity index (χ0) is 18.4. The van der Waals surface area contributed by atoms with Crippen molar-refractivity contribution in [3.05, 3.63) is 59.7 Å². The molecule has 2 N–H and O–H groups in total. The Morgan fingerprint density at radius 1 is 1.16 bits per heavy atom. The van der Waals surface area contributed by atoms with Gasteiger partial charge in [0.15, 0.2) is 0 Å². The topological polar surface area (TPSA) is 84.5 Å². The molecule has 0 saturated carbocycles. The number of ether oxygens (including phenoxy) is 1. The van der Waals surface area contributed by atoms with Gasteiger partial charge in [-0.25, -0.2) is 8.42 Å². The van der Waals surface area contributed by atoms with Gasteiger partial charge in [0.2, 0.25) is 10.0 Å². The molecule has 1 amide bonds. The predicted molar refractivity (Wildman–Crippen MR) is 98.5 cm³/mol. The first kappa shape index (κ1) is 18.8. The maximum absolute atomic E-state index is 12.3. The Labute approximate surface area is 148 Å². The molecule has 0 aromatic heterocycles. The quantitative estimate of drug-likeness (QED) is 0.793. The molecule has 2 rings (SSSR count). The number of carbonyl (C=O) groups is 1. The number of carbonyl (C=O) groups excluding carboxylic acids is 1. The average molecular weight is 362 g/mol. The van der Waals surface area contributed by atoms with Gasteiger partial charge in [0, 0.05) is 11.3 Å². The largest absolute Gasteiger partial charge is 0.491 e. The number of amides is 1. The molecule has 134 valence electrons. The van der Waals surface area contributed by atoms with Crippen molar-refractivity contribution in [3.63, 3.8) is 0 Å². The van der Waals surface area contributed by atoms with E-state index in [1.165, 1.54) is 6.07 Å². The molecule has 0 aliphatic heterocycles. The summed E-state index contributed by atoms with van der Waals surface area (Å²) in [5.41, 5.74) is 1.87. The third-order valence-electron chi connectivity index (χ3n) is 3.33. The highest BCUT2D eigenvalue weighted by Crippen LogP contribution is 2.13. The first-order valence-electron chi connectivity index (χ1n) is 7.81. The molecular formula is C18H22N2O4S. The summed E-state index contributed by atoms with van der Waals surface area (Å²) in [4.78, 5) is 12.3. The Morgan fingerprint density at radius 3 is 2.48 bits per heavy atom. The summed E-state index contributed by atoms with van der Waals surface area (Å²) in [7, 11) is -3.39. The highest BCUT2D eigenvalue weighted by molar-refractivity contribution is 7.92. The van der Waals surface area contributed by atoms with Crippen molar-refractivity contribution in [2.75, 3.05) is 17.6 Å². The minimum Gasteiger partial charge on any atom is -0.491 e. The minimum atomic E-state index is -3.39. The van der Waals surface area contributed by atoms with Gasteiger partial charge in [-0.2, -0.15) is 0 Å². The van der Waals surface area contributed by atoms with E-state index in [1.807, 2.05) is 38.1 Å². The van der Waals surface area contributed by atoms with Crippen LogP contribution < -0.4 is 14.8 Å². The second-order valence-electron chi connectivity index (χ2n) is 5.95. The van der Waals surface area contributed by atoms with E-state index in [1.54, 1.807) is 18.2 Å². The molecule has 0 radical (unpaired) electrons. The molecule has 1 atom stereocenters. The van der Waals surface area contributed by atoms with Crippen LogP contribution in [-0.2, 0) is 10.0 Å². The lowest BCUT2D eigenvalue weighted by atomic mass is 10.2. The normalized spacial score (nSPS) is 12.3. The molecule has 2 aromatic rings. The number of hydrogen-bond acceptors (Lipinski definition) is 4. The molecule has 25 heavy (non-hydrogen) atoms. The van der Waals surface area contributed by atoms with Gasteiger partial charge in [-0.3, -0.25) is 9.52 Å². The number of benzene rings is 2. The zero-order valence-electron chi connectivity index (χ0n) is 14.4. The third-order valence-corrected chi connectivity index (χ3v) is 3.93. The summed E-state index contributed by atoms with van der Waals surface area (Å²) in [6.45, 7) is 4.17. The van der Waals surface area contributed by atoms with Crippen LogP contribution in [0, 0.1) is 6.92 Å². The van der Waals surface area contributed by atoms with Gasteiger partial charge in [-0.05, 0) is 44.2 Å². The van der Waals surface area contributed by atoms with E-state index in [-0.39, 0.29) is 11.9 Å². The van der Waals surface area contributed by atoms with E-state index in [0.717, 1.165) is 17.6 Å². The Bertz CT molecular complexity index is 832. The van der Waals surface area contributed by atoms with Crippen molar-refractivity contribution in [2.24, 2.45) is 0 Å². The summed E-state index contributed by atoms with van der Waals surface area (Å²) < 4.78 is 30.5. The Kier molecular flexibility index (Phi) is 6.03. The number of aryl methyl sites for hydroxylation is 1. The molecule has 2 aromatic carbocycles. The van der Waals surface area contributed by atoms with Crippen molar-refractivity contribution < 1.29 is 17.9 Å². The van der Waals surface area contributed by atoms with E-state index in [0.29, 0.717) is 17.9 Å². The fourth-order valence-corrected chi connectivity index (χ4v) is 2.70. The van der Waals surface area contributed by atoms with Crippen molar-refractivity contribution in [2.45, 2.75) is 19.9 Å². The van der Waals surface area contributed by atoms with E-state index in [9.17, 15) is 13.2 Å². The average Bonchev–Trinajstić information content (AvgIpc) is 2.53. The molecular weight excluding hydrogens is 340 g/mol. The van der Waals surface area contributed by atoms with Crippen LogP contribution in [0.1, 0.15) is 22.8 Å². The predicted octanol–water partition coefficient (Wildman–Crippen LogP) is 2.56. The second kappa shape index (κ2) is 8.02. The number of sulfonamides is 1.